The minimum absolute atomic E-state index is 0.0206. The van der Waals surface area contributed by atoms with E-state index in [1.54, 1.807) is 0 Å². The van der Waals surface area contributed by atoms with Crippen molar-refractivity contribution in [3.63, 3.8) is 0 Å². The molecular formula is C10H11N3O4. The van der Waals surface area contributed by atoms with Gasteiger partial charge >= 0.3 is 11.7 Å². The third-order valence-corrected chi connectivity index (χ3v) is 3.13. The number of hydrogen-bond donors (Lipinski definition) is 0. The molecule has 0 amide bonds. The van der Waals surface area contributed by atoms with Crippen LogP contribution in [0.1, 0.15) is 36.9 Å². The van der Waals surface area contributed by atoms with E-state index in [1.165, 1.54) is 10.9 Å². The Morgan fingerprint density at radius 2 is 2.24 bits per heavy atom. The smallest absolute Gasteiger partial charge is 0.331 e. The molecule has 1 aromatic rings. The van der Waals surface area contributed by atoms with Gasteiger partial charge in [0.2, 0.25) is 0 Å². The molecule has 0 spiro atoms. The van der Waals surface area contributed by atoms with Crippen molar-refractivity contribution in [2.45, 2.75) is 31.2 Å². The van der Waals surface area contributed by atoms with Crippen LogP contribution in [0.15, 0.2) is 6.20 Å². The van der Waals surface area contributed by atoms with Crippen molar-refractivity contribution in [2.75, 3.05) is 6.61 Å². The average molecular weight is 237 g/mol. The monoisotopic (exact) mass is 237 g/mol. The summed E-state index contributed by atoms with van der Waals surface area (Å²) < 4.78 is 6.23. The molecule has 1 aromatic heterocycles. The fraction of sp³-hybridized carbons (Fsp3) is 0.600. The van der Waals surface area contributed by atoms with Crippen LogP contribution in [0.4, 0.5) is 5.69 Å². The number of rotatable bonds is 3. The number of cyclic esters (lactones) is 1. The number of carbonyl (C=O) groups excluding carboxylic acids is 1. The van der Waals surface area contributed by atoms with Crippen LogP contribution in [0.5, 0.6) is 0 Å². The van der Waals surface area contributed by atoms with Crippen molar-refractivity contribution in [2.24, 2.45) is 0 Å². The summed E-state index contributed by atoms with van der Waals surface area (Å²) in [5, 5.41) is 15.1. The second-order valence-electron chi connectivity index (χ2n) is 4.38. The first-order valence-electron chi connectivity index (χ1n) is 5.57. The van der Waals surface area contributed by atoms with E-state index in [0.29, 0.717) is 18.7 Å². The van der Waals surface area contributed by atoms with Crippen molar-refractivity contribution in [3.05, 3.63) is 22.0 Å². The van der Waals surface area contributed by atoms with Gasteiger partial charge in [0.05, 0.1) is 11.5 Å². The van der Waals surface area contributed by atoms with Gasteiger partial charge in [-0.25, -0.2) is 4.79 Å². The highest BCUT2D eigenvalue weighted by Crippen LogP contribution is 2.43. The van der Waals surface area contributed by atoms with Crippen LogP contribution < -0.4 is 0 Å². The summed E-state index contributed by atoms with van der Waals surface area (Å²) in [6.07, 6.45) is 3.76. The van der Waals surface area contributed by atoms with Gasteiger partial charge in [0, 0.05) is 12.3 Å². The van der Waals surface area contributed by atoms with Gasteiger partial charge in [0.15, 0.2) is 6.04 Å². The molecule has 3 rings (SSSR count). The van der Waals surface area contributed by atoms with Crippen molar-refractivity contribution < 1.29 is 14.5 Å². The summed E-state index contributed by atoms with van der Waals surface area (Å²) in [6.45, 7) is 0.357. The fourth-order valence-corrected chi connectivity index (χ4v) is 2.07. The predicted molar refractivity (Wildman–Crippen MR) is 55.5 cm³/mol. The molecule has 2 fully saturated rings. The van der Waals surface area contributed by atoms with E-state index in [4.69, 9.17) is 4.74 Å². The Bertz CT molecular complexity index is 492. The van der Waals surface area contributed by atoms with Gasteiger partial charge in [-0.3, -0.25) is 14.8 Å². The van der Waals surface area contributed by atoms with Gasteiger partial charge in [-0.15, -0.1) is 0 Å². The van der Waals surface area contributed by atoms with Crippen LogP contribution in [0.2, 0.25) is 0 Å². The average Bonchev–Trinajstić information content (AvgIpc) is 2.88. The van der Waals surface area contributed by atoms with E-state index in [2.05, 4.69) is 5.10 Å². The Labute approximate surface area is 96.5 Å². The SMILES string of the molecule is O=C1OCCC1n1cc([N+](=O)[O-])c(C2CC2)n1. The Hall–Kier alpha value is -1.92. The highest BCUT2D eigenvalue weighted by molar-refractivity contribution is 5.75. The molecule has 0 radical (unpaired) electrons. The number of carbonyl (C=O) groups is 1. The van der Waals surface area contributed by atoms with E-state index >= 15 is 0 Å². The van der Waals surface area contributed by atoms with Crippen LogP contribution in [0.25, 0.3) is 0 Å². The topological polar surface area (TPSA) is 87.3 Å². The summed E-state index contributed by atoms with van der Waals surface area (Å²) in [5.41, 5.74) is 0.530. The molecule has 7 nitrogen and oxygen atoms in total. The Morgan fingerprint density at radius 3 is 2.76 bits per heavy atom. The molecule has 2 heterocycles. The van der Waals surface area contributed by atoms with E-state index < -0.39 is 11.0 Å². The van der Waals surface area contributed by atoms with E-state index in [0.717, 1.165) is 12.8 Å². The third-order valence-electron chi connectivity index (χ3n) is 3.13. The van der Waals surface area contributed by atoms with Crippen LogP contribution in [-0.2, 0) is 9.53 Å². The molecule has 2 aliphatic rings. The predicted octanol–water partition coefficient (Wildman–Crippen LogP) is 1.16. The molecule has 17 heavy (non-hydrogen) atoms. The highest BCUT2D eigenvalue weighted by atomic mass is 16.6. The van der Waals surface area contributed by atoms with Gasteiger partial charge in [-0.2, -0.15) is 5.10 Å². The fourth-order valence-electron chi connectivity index (χ4n) is 2.07. The summed E-state index contributed by atoms with van der Waals surface area (Å²) in [6, 6.07) is -0.499. The number of esters is 1. The van der Waals surface area contributed by atoms with Crippen LogP contribution >= 0.6 is 0 Å². The number of nitro groups is 1. The molecule has 1 saturated heterocycles. The third kappa shape index (κ3) is 1.67. The summed E-state index contributed by atoms with van der Waals surface area (Å²) >= 11 is 0. The Balaban J connectivity index is 1.97. The van der Waals surface area contributed by atoms with Gasteiger partial charge in [-0.1, -0.05) is 0 Å². The number of aromatic nitrogens is 2. The van der Waals surface area contributed by atoms with Crippen LogP contribution in [0.3, 0.4) is 0 Å². The summed E-state index contributed by atoms with van der Waals surface area (Å²) in [5.74, 6) is -0.168. The standard InChI is InChI=1S/C10H11N3O4/c14-10-7(3-4-17-10)12-5-8(13(15)16)9(11-12)6-1-2-6/h5-7H,1-4H2. The first kappa shape index (κ1) is 10.2. The lowest BCUT2D eigenvalue weighted by atomic mass is 10.2. The van der Waals surface area contributed by atoms with Crippen LogP contribution in [0, 0.1) is 10.1 Å². The van der Waals surface area contributed by atoms with Gasteiger partial charge < -0.3 is 4.74 Å². The maximum Gasteiger partial charge on any atom is 0.331 e. The molecule has 90 valence electrons. The van der Waals surface area contributed by atoms with Gasteiger partial charge in [0.1, 0.15) is 11.9 Å². The van der Waals surface area contributed by atoms with E-state index in [9.17, 15) is 14.9 Å². The number of nitrogens with zero attached hydrogens (tertiary/aromatic N) is 3. The molecule has 1 aliphatic heterocycles. The van der Waals surface area contributed by atoms with Crippen LogP contribution in [-0.4, -0.2) is 27.3 Å². The summed E-state index contributed by atoms with van der Waals surface area (Å²) in [4.78, 5) is 21.9. The van der Waals surface area contributed by atoms with Gasteiger partial charge in [-0.05, 0) is 12.8 Å². The first-order chi connectivity index (χ1) is 8.16. The molecule has 7 heteroatoms. The minimum Gasteiger partial charge on any atom is -0.464 e. The second kappa shape index (κ2) is 3.54. The maximum absolute atomic E-state index is 11.4. The first-order valence-corrected chi connectivity index (χ1v) is 5.57. The number of hydrogen-bond acceptors (Lipinski definition) is 5. The Morgan fingerprint density at radius 1 is 1.47 bits per heavy atom. The van der Waals surface area contributed by atoms with Crippen molar-refractivity contribution in [1.82, 2.24) is 9.78 Å². The molecule has 1 aliphatic carbocycles. The van der Waals surface area contributed by atoms with Crippen molar-refractivity contribution >= 4 is 11.7 Å². The summed E-state index contributed by atoms with van der Waals surface area (Å²) in [7, 11) is 0. The minimum atomic E-state index is -0.499. The zero-order valence-electron chi connectivity index (χ0n) is 9.04. The van der Waals surface area contributed by atoms with Crippen molar-refractivity contribution in [3.8, 4) is 0 Å². The molecule has 1 unspecified atom stereocenters. The quantitative estimate of drug-likeness (QED) is 0.447. The second-order valence-corrected chi connectivity index (χ2v) is 4.38. The zero-order valence-corrected chi connectivity index (χ0v) is 9.04. The van der Waals surface area contributed by atoms with Gasteiger partial charge in [0.25, 0.3) is 0 Å². The lowest BCUT2D eigenvalue weighted by Crippen LogP contribution is -2.14. The molecule has 1 atom stereocenters. The molecule has 0 bridgehead atoms. The number of ether oxygens (including phenoxy) is 1. The molecule has 0 aromatic carbocycles. The zero-order chi connectivity index (χ0) is 12.0. The lowest BCUT2D eigenvalue weighted by molar-refractivity contribution is -0.385. The molecular weight excluding hydrogens is 226 g/mol. The largest absolute Gasteiger partial charge is 0.464 e. The van der Waals surface area contributed by atoms with Crippen molar-refractivity contribution in [1.29, 1.82) is 0 Å². The molecule has 1 saturated carbocycles. The molecule has 0 N–H and O–H groups in total. The highest BCUT2D eigenvalue weighted by Gasteiger charge is 2.37. The van der Waals surface area contributed by atoms with E-state index in [-0.39, 0.29) is 17.6 Å². The van der Waals surface area contributed by atoms with E-state index in [1.807, 2.05) is 0 Å². The lowest BCUT2D eigenvalue weighted by Gasteiger charge is -2.03. The normalized spacial score (nSPS) is 23.8. The maximum atomic E-state index is 11.4. The Kier molecular flexibility index (Phi) is 2.13.